The van der Waals surface area contributed by atoms with Crippen molar-refractivity contribution >= 4 is 50.1 Å². The van der Waals surface area contributed by atoms with Crippen molar-refractivity contribution in [3.8, 4) is 0 Å². The van der Waals surface area contributed by atoms with E-state index >= 15 is 0 Å². The number of nitrogens with zero attached hydrogens (tertiary/aromatic N) is 2. The standard InChI is InChI=1S/C15H14N4O4S2/c1-23-9-14(20)16-10-4-2-5-11(8-10)19-25(21,22)13-7-3-6-12-15(13)18-24-17-12/h2-8,19H,9H2,1H3,(H,16,20). The molecule has 3 rings (SSSR count). The van der Waals surface area contributed by atoms with Crippen molar-refractivity contribution in [3.05, 3.63) is 42.5 Å². The maximum absolute atomic E-state index is 12.7. The molecule has 8 nitrogen and oxygen atoms in total. The minimum Gasteiger partial charge on any atom is -0.375 e. The van der Waals surface area contributed by atoms with Gasteiger partial charge in [-0.25, -0.2) is 8.42 Å². The quantitative estimate of drug-likeness (QED) is 0.679. The average Bonchev–Trinajstić information content (AvgIpc) is 3.03. The smallest absolute Gasteiger partial charge is 0.264 e. The van der Waals surface area contributed by atoms with E-state index in [0.717, 1.165) is 11.7 Å². The molecule has 0 unspecified atom stereocenters. The summed E-state index contributed by atoms with van der Waals surface area (Å²) in [5.41, 5.74) is 1.61. The number of methoxy groups -OCH3 is 1. The SMILES string of the molecule is COCC(=O)Nc1cccc(NS(=O)(=O)c2cccc3nsnc23)c1. The van der Waals surface area contributed by atoms with Crippen LogP contribution in [0.25, 0.3) is 11.0 Å². The van der Waals surface area contributed by atoms with Gasteiger partial charge in [-0.3, -0.25) is 9.52 Å². The molecule has 2 aromatic carbocycles. The lowest BCUT2D eigenvalue weighted by atomic mass is 10.3. The van der Waals surface area contributed by atoms with E-state index in [1.807, 2.05) is 0 Å². The molecular weight excluding hydrogens is 364 g/mol. The van der Waals surface area contributed by atoms with Crippen LogP contribution in [0.5, 0.6) is 0 Å². The number of nitrogens with one attached hydrogen (secondary N) is 2. The molecule has 0 fully saturated rings. The van der Waals surface area contributed by atoms with Crippen LogP contribution in [0.1, 0.15) is 0 Å². The highest BCUT2D eigenvalue weighted by Gasteiger charge is 2.19. The zero-order chi connectivity index (χ0) is 17.9. The third kappa shape index (κ3) is 3.92. The number of anilines is 2. The van der Waals surface area contributed by atoms with Gasteiger partial charge >= 0.3 is 0 Å². The second-order valence-corrected chi connectivity index (χ2v) is 7.23. The number of carbonyl (C=O) groups is 1. The van der Waals surface area contributed by atoms with E-state index in [-0.39, 0.29) is 17.4 Å². The van der Waals surface area contributed by atoms with Gasteiger partial charge < -0.3 is 10.1 Å². The van der Waals surface area contributed by atoms with Gasteiger partial charge in [0.15, 0.2) is 0 Å². The van der Waals surface area contributed by atoms with Gasteiger partial charge in [-0.1, -0.05) is 12.1 Å². The molecule has 130 valence electrons. The van der Waals surface area contributed by atoms with Crippen molar-refractivity contribution in [2.24, 2.45) is 0 Å². The summed E-state index contributed by atoms with van der Waals surface area (Å²) in [6, 6.07) is 11.2. The van der Waals surface area contributed by atoms with Gasteiger partial charge in [0.05, 0.1) is 17.4 Å². The Labute approximate surface area is 148 Å². The number of aromatic nitrogens is 2. The largest absolute Gasteiger partial charge is 0.375 e. The Morgan fingerprint density at radius 3 is 2.72 bits per heavy atom. The maximum Gasteiger partial charge on any atom is 0.264 e. The third-order valence-electron chi connectivity index (χ3n) is 3.21. The molecule has 10 heteroatoms. The van der Waals surface area contributed by atoms with Crippen LogP contribution in [-0.2, 0) is 19.6 Å². The normalized spacial score (nSPS) is 11.4. The Kier molecular flexibility index (Phi) is 4.93. The molecule has 0 saturated carbocycles. The molecular formula is C15H14N4O4S2. The third-order valence-corrected chi connectivity index (χ3v) is 5.17. The molecule has 0 aliphatic carbocycles. The topological polar surface area (TPSA) is 110 Å². The van der Waals surface area contributed by atoms with Gasteiger partial charge in [-0.2, -0.15) is 8.75 Å². The van der Waals surface area contributed by atoms with E-state index in [2.05, 4.69) is 18.8 Å². The number of hydrogen-bond donors (Lipinski definition) is 2. The van der Waals surface area contributed by atoms with Crippen LogP contribution in [0.15, 0.2) is 47.4 Å². The lowest BCUT2D eigenvalue weighted by Gasteiger charge is -2.10. The van der Waals surface area contributed by atoms with Crippen molar-refractivity contribution < 1.29 is 17.9 Å². The molecule has 25 heavy (non-hydrogen) atoms. The first-order valence-electron chi connectivity index (χ1n) is 7.12. The maximum atomic E-state index is 12.7. The van der Waals surface area contributed by atoms with Crippen LogP contribution >= 0.6 is 11.7 Å². The van der Waals surface area contributed by atoms with Gasteiger partial charge in [-0.15, -0.1) is 0 Å². The van der Waals surface area contributed by atoms with Crippen LogP contribution in [0.3, 0.4) is 0 Å². The summed E-state index contributed by atoms with van der Waals surface area (Å²) in [5, 5.41) is 2.61. The molecule has 0 aliphatic heterocycles. The molecule has 0 saturated heterocycles. The lowest BCUT2D eigenvalue weighted by Crippen LogP contribution is -2.17. The van der Waals surface area contributed by atoms with Crippen LogP contribution in [0, 0.1) is 0 Å². The molecule has 1 heterocycles. The summed E-state index contributed by atoms with van der Waals surface area (Å²) < 4.78 is 40.7. The molecule has 2 N–H and O–H groups in total. The lowest BCUT2D eigenvalue weighted by molar-refractivity contribution is -0.119. The Morgan fingerprint density at radius 2 is 1.92 bits per heavy atom. The summed E-state index contributed by atoms with van der Waals surface area (Å²) >= 11 is 0.952. The molecule has 3 aromatic rings. The van der Waals surface area contributed by atoms with Gasteiger partial charge in [0.1, 0.15) is 22.5 Å². The van der Waals surface area contributed by atoms with Crippen molar-refractivity contribution in [3.63, 3.8) is 0 Å². The zero-order valence-electron chi connectivity index (χ0n) is 13.1. The van der Waals surface area contributed by atoms with E-state index in [9.17, 15) is 13.2 Å². The summed E-state index contributed by atoms with van der Waals surface area (Å²) in [7, 11) is -2.43. The number of amides is 1. The molecule has 1 aromatic heterocycles. The van der Waals surface area contributed by atoms with Crippen molar-refractivity contribution in [1.29, 1.82) is 0 Å². The van der Waals surface area contributed by atoms with E-state index in [1.165, 1.54) is 19.2 Å². The van der Waals surface area contributed by atoms with Crippen molar-refractivity contribution in [2.75, 3.05) is 23.8 Å². The Bertz CT molecular complexity index is 1020. The van der Waals surface area contributed by atoms with Crippen molar-refractivity contribution in [2.45, 2.75) is 4.90 Å². The second kappa shape index (κ2) is 7.13. The predicted molar refractivity (Wildman–Crippen MR) is 95.2 cm³/mol. The molecule has 0 spiro atoms. The summed E-state index contributed by atoms with van der Waals surface area (Å²) in [4.78, 5) is 11.6. The average molecular weight is 378 g/mol. The van der Waals surface area contributed by atoms with Crippen LogP contribution < -0.4 is 10.0 Å². The molecule has 1 amide bonds. The minimum atomic E-state index is -3.85. The number of fused-ring (bicyclic) bond motifs is 1. The number of rotatable bonds is 6. The summed E-state index contributed by atoms with van der Waals surface area (Å²) in [5.74, 6) is -0.333. The van der Waals surface area contributed by atoms with Crippen LogP contribution in [0.4, 0.5) is 11.4 Å². The fourth-order valence-corrected chi connectivity index (χ4v) is 4.01. The van der Waals surface area contributed by atoms with E-state index < -0.39 is 10.0 Å². The number of carbonyl (C=O) groups excluding carboxylic acids is 1. The van der Waals surface area contributed by atoms with Gasteiger partial charge in [0.25, 0.3) is 10.0 Å². The van der Waals surface area contributed by atoms with Crippen LogP contribution in [0.2, 0.25) is 0 Å². The molecule has 0 atom stereocenters. The second-order valence-electron chi connectivity index (χ2n) is 5.06. The van der Waals surface area contributed by atoms with E-state index in [1.54, 1.807) is 30.3 Å². The van der Waals surface area contributed by atoms with Crippen molar-refractivity contribution in [1.82, 2.24) is 8.75 Å². The highest BCUT2D eigenvalue weighted by Crippen LogP contribution is 2.24. The molecule has 0 radical (unpaired) electrons. The fraction of sp³-hybridized carbons (Fsp3) is 0.133. The van der Waals surface area contributed by atoms with Gasteiger partial charge in [0, 0.05) is 12.8 Å². The highest BCUT2D eigenvalue weighted by atomic mass is 32.2. The summed E-state index contributed by atoms with van der Waals surface area (Å²) in [6.45, 7) is -0.0885. The Morgan fingerprint density at radius 1 is 1.16 bits per heavy atom. The fourth-order valence-electron chi connectivity index (χ4n) is 2.20. The van der Waals surface area contributed by atoms with Gasteiger partial charge in [0.2, 0.25) is 5.91 Å². The zero-order valence-corrected chi connectivity index (χ0v) is 14.7. The highest BCUT2D eigenvalue weighted by molar-refractivity contribution is 7.93. The van der Waals surface area contributed by atoms with Gasteiger partial charge in [-0.05, 0) is 30.3 Å². The Balaban J connectivity index is 1.86. The first-order chi connectivity index (χ1) is 12.0. The number of hydrogen-bond acceptors (Lipinski definition) is 7. The molecule has 0 bridgehead atoms. The first kappa shape index (κ1) is 17.3. The monoisotopic (exact) mass is 378 g/mol. The number of ether oxygens (including phenoxy) is 1. The molecule has 0 aliphatic rings. The number of benzene rings is 2. The first-order valence-corrected chi connectivity index (χ1v) is 9.34. The minimum absolute atomic E-state index is 0.0487. The summed E-state index contributed by atoms with van der Waals surface area (Å²) in [6.07, 6.45) is 0. The Hall–Kier alpha value is -2.56. The predicted octanol–water partition coefficient (Wildman–Crippen LogP) is 2.08. The number of sulfonamides is 1. The van der Waals surface area contributed by atoms with E-state index in [0.29, 0.717) is 22.4 Å². The van der Waals surface area contributed by atoms with Crippen LogP contribution in [-0.4, -0.2) is 36.8 Å². The van der Waals surface area contributed by atoms with E-state index in [4.69, 9.17) is 4.74 Å².